The molecule has 0 saturated heterocycles. The van der Waals surface area contributed by atoms with Crippen LogP contribution in [0.15, 0.2) is 42.5 Å². The van der Waals surface area contributed by atoms with Gasteiger partial charge in [-0.15, -0.1) is 0 Å². The molecular formula is C24H40O2Si. The van der Waals surface area contributed by atoms with Gasteiger partial charge in [-0.05, 0) is 44.0 Å². The van der Waals surface area contributed by atoms with Gasteiger partial charge in [-0.3, -0.25) is 0 Å². The molecule has 0 unspecified atom stereocenters. The fraction of sp³-hybridized carbons (Fsp3) is 0.667. The summed E-state index contributed by atoms with van der Waals surface area (Å²) in [5.74, 6) is 0. The average molecular weight is 389 g/mol. The Hall–Kier alpha value is -0.903. The smallest absolute Gasteiger partial charge is 0.197 e. The van der Waals surface area contributed by atoms with E-state index in [2.05, 4.69) is 77.7 Å². The van der Waals surface area contributed by atoms with Gasteiger partial charge in [0.15, 0.2) is 8.32 Å². The normalized spacial score (nSPS) is 26.9. The third kappa shape index (κ3) is 4.11. The zero-order valence-corrected chi connectivity index (χ0v) is 19.6. The Morgan fingerprint density at radius 1 is 1.15 bits per heavy atom. The van der Waals surface area contributed by atoms with Gasteiger partial charge in [-0.2, -0.15) is 0 Å². The summed E-state index contributed by atoms with van der Waals surface area (Å²) in [5.41, 5.74) is 0.959. The van der Waals surface area contributed by atoms with Crippen LogP contribution in [0.1, 0.15) is 72.3 Å². The van der Waals surface area contributed by atoms with Crippen molar-refractivity contribution in [3.63, 3.8) is 0 Å². The van der Waals surface area contributed by atoms with Gasteiger partial charge in [-0.1, -0.05) is 83.9 Å². The van der Waals surface area contributed by atoms with Crippen LogP contribution in [-0.4, -0.2) is 25.1 Å². The Morgan fingerprint density at radius 3 is 2.30 bits per heavy atom. The molecule has 1 fully saturated rings. The lowest BCUT2D eigenvalue weighted by atomic mass is 9.63. The first kappa shape index (κ1) is 22.4. The Morgan fingerprint density at radius 2 is 1.74 bits per heavy atom. The monoisotopic (exact) mass is 388 g/mol. The minimum Gasteiger partial charge on any atom is -0.413 e. The highest BCUT2D eigenvalue weighted by Gasteiger charge is 2.53. The maximum Gasteiger partial charge on any atom is 0.197 e. The Labute approximate surface area is 168 Å². The zero-order chi connectivity index (χ0) is 20.5. The largest absolute Gasteiger partial charge is 0.413 e. The van der Waals surface area contributed by atoms with Gasteiger partial charge in [0, 0.05) is 10.5 Å². The van der Waals surface area contributed by atoms with Crippen molar-refractivity contribution in [3.05, 3.63) is 48.0 Å². The first-order valence-electron chi connectivity index (χ1n) is 10.5. The second-order valence-electron chi connectivity index (χ2n) is 10.1. The maximum absolute atomic E-state index is 11.6. The molecule has 152 valence electrons. The summed E-state index contributed by atoms with van der Waals surface area (Å²) in [5, 5.41) is 11.6. The molecule has 2 rings (SSSR count). The molecule has 0 heterocycles. The van der Waals surface area contributed by atoms with Gasteiger partial charge in [0.25, 0.3) is 0 Å². The Kier molecular flexibility index (Phi) is 6.51. The van der Waals surface area contributed by atoms with Crippen molar-refractivity contribution < 1.29 is 9.53 Å². The van der Waals surface area contributed by atoms with Crippen LogP contribution in [0.3, 0.4) is 0 Å². The van der Waals surface area contributed by atoms with E-state index < -0.39 is 13.9 Å². The first-order valence-corrected chi connectivity index (χ1v) is 13.4. The van der Waals surface area contributed by atoms with E-state index in [0.717, 1.165) is 37.7 Å². The summed E-state index contributed by atoms with van der Waals surface area (Å²) >= 11 is 0. The molecule has 0 aliphatic heterocycles. The molecule has 0 aromatic heterocycles. The van der Waals surface area contributed by atoms with Crippen LogP contribution in [0.4, 0.5) is 0 Å². The van der Waals surface area contributed by atoms with Crippen molar-refractivity contribution in [2.45, 2.75) is 96.6 Å². The molecule has 1 N–H and O–H groups in total. The lowest BCUT2D eigenvalue weighted by Gasteiger charge is -2.53. The highest BCUT2D eigenvalue weighted by atomic mass is 28.4. The van der Waals surface area contributed by atoms with Crippen molar-refractivity contribution in [1.82, 2.24) is 0 Å². The SMILES string of the molecule is C=C(C)[C@]1(O)CCCCC[C@H](O[Si](C)(C)C(C)(C)c2ccccc2)C1(C)C. The van der Waals surface area contributed by atoms with Gasteiger partial charge in [0.05, 0.1) is 11.7 Å². The summed E-state index contributed by atoms with van der Waals surface area (Å²) in [6, 6.07) is 10.7. The molecule has 1 saturated carbocycles. The third-order valence-electron chi connectivity index (χ3n) is 7.52. The standard InChI is InChI=1S/C24H40O2Si/c1-19(2)24(25)18-14-10-13-17-21(22(24,3)4)26-27(7,8)23(5,6)20-15-11-9-12-16-20/h9,11-12,15-16,21,25H,1,10,13-14,17-18H2,2-8H3/t21-,24+/m0/s1. The summed E-state index contributed by atoms with van der Waals surface area (Å²) in [7, 11) is -2.12. The molecule has 0 radical (unpaired) electrons. The van der Waals surface area contributed by atoms with E-state index in [1.165, 1.54) is 5.56 Å². The fourth-order valence-electron chi connectivity index (χ4n) is 4.51. The molecule has 2 nitrogen and oxygen atoms in total. The number of benzene rings is 1. The number of aliphatic hydroxyl groups is 1. The molecule has 1 aliphatic carbocycles. The molecule has 1 aromatic carbocycles. The lowest BCUT2D eigenvalue weighted by molar-refractivity contribution is -0.110. The Balaban J connectivity index is 2.38. The second-order valence-corrected chi connectivity index (χ2v) is 14.6. The molecular weight excluding hydrogens is 348 g/mol. The van der Waals surface area contributed by atoms with Crippen LogP contribution in [-0.2, 0) is 9.46 Å². The van der Waals surface area contributed by atoms with Crippen LogP contribution < -0.4 is 0 Å². The van der Waals surface area contributed by atoms with E-state index in [9.17, 15) is 5.11 Å². The maximum atomic E-state index is 11.6. The predicted octanol–water partition coefficient (Wildman–Crippen LogP) is 6.39. The molecule has 0 spiro atoms. The van der Waals surface area contributed by atoms with Gasteiger partial charge in [0.1, 0.15) is 0 Å². The zero-order valence-electron chi connectivity index (χ0n) is 18.6. The predicted molar refractivity (Wildman–Crippen MR) is 118 cm³/mol. The van der Waals surface area contributed by atoms with Crippen molar-refractivity contribution in [1.29, 1.82) is 0 Å². The van der Waals surface area contributed by atoms with Gasteiger partial charge < -0.3 is 9.53 Å². The van der Waals surface area contributed by atoms with E-state index in [1.54, 1.807) is 0 Å². The fourth-order valence-corrected chi connectivity index (χ4v) is 6.79. The van der Waals surface area contributed by atoms with E-state index in [1.807, 2.05) is 6.92 Å². The number of hydrogen-bond donors (Lipinski definition) is 1. The van der Waals surface area contributed by atoms with Crippen LogP contribution in [0.2, 0.25) is 13.1 Å². The van der Waals surface area contributed by atoms with Crippen molar-refractivity contribution in [2.24, 2.45) is 5.41 Å². The van der Waals surface area contributed by atoms with E-state index in [-0.39, 0.29) is 16.6 Å². The van der Waals surface area contributed by atoms with E-state index >= 15 is 0 Å². The molecule has 1 aliphatic rings. The van der Waals surface area contributed by atoms with Gasteiger partial charge in [-0.25, -0.2) is 0 Å². The molecule has 27 heavy (non-hydrogen) atoms. The Bertz CT molecular complexity index is 648. The average Bonchev–Trinajstić information content (AvgIpc) is 2.59. The van der Waals surface area contributed by atoms with Gasteiger partial charge >= 0.3 is 0 Å². The number of rotatable bonds is 5. The first-order chi connectivity index (χ1) is 12.4. The van der Waals surface area contributed by atoms with Crippen LogP contribution >= 0.6 is 0 Å². The topological polar surface area (TPSA) is 29.5 Å². The van der Waals surface area contributed by atoms with E-state index in [0.29, 0.717) is 0 Å². The molecule has 2 atom stereocenters. The van der Waals surface area contributed by atoms with Crippen molar-refractivity contribution in [2.75, 3.05) is 0 Å². The van der Waals surface area contributed by atoms with Crippen LogP contribution in [0, 0.1) is 5.41 Å². The minimum atomic E-state index is -2.12. The molecule has 3 heteroatoms. The van der Waals surface area contributed by atoms with E-state index in [4.69, 9.17) is 4.43 Å². The van der Waals surface area contributed by atoms with Crippen LogP contribution in [0.5, 0.6) is 0 Å². The molecule has 1 aromatic rings. The van der Waals surface area contributed by atoms with Crippen molar-refractivity contribution in [3.8, 4) is 0 Å². The summed E-state index contributed by atoms with van der Waals surface area (Å²) in [4.78, 5) is 0. The molecule has 0 amide bonds. The summed E-state index contributed by atoms with van der Waals surface area (Å²) in [6.45, 7) is 19.8. The second kappa shape index (κ2) is 7.85. The summed E-state index contributed by atoms with van der Waals surface area (Å²) < 4.78 is 7.03. The number of hydrogen-bond acceptors (Lipinski definition) is 2. The summed E-state index contributed by atoms with van der Waals surface area (Å²) in [6.07, 6.45) is 5.18. The van der Waals surface area contributed by atoms with Crippen LogP contribution in [0.25, 0.3) is 0 Å². The molecule has 0 bridgehead atoms. The minimum absolute atomic E-state index is 0.0198. The highest BCUT2D eigenvalue weighted by Crippen LogP contribution is 2.48. The lowest BCUT2D eigenvalue weighted by Crippen LogP contribution is -2.59. The van der Waals surface area contributed by atoms with Crippen molar-refractivity contribution >= 4 is 8.32 Å². The quantitative estimate of drug-likeness (QED) is 0.467. The highest BCUT2D eigenvalue weighted by molar-refractivity contribution is 6.74. The van der Waals surface area contributed by atoms with Gasteiger partial charge in [0.2, 0.25) is 0 Å². The third-order valence-corrected chi connectivity index (χ3v) is 11.7.